The summed E-state index contributed by atoms with van der Waals surface area (Å²) in [5.74, 6) is -0.915. The van der Waals surface area contributed by atoms with E-state index in [0.29, 0.717) is 17.1 Å². The first kappa shape index (κ1) is 24.1. The van der Waals surface area contributed by atoms with Crippen LogP contribution in [0.25, 0.3) is 11.5 Å². The Morgan fingerprint density at radius 3 is 2.39 bits per heavy atom. The van der Waals surface area contributed by atoms with Crippen LogP contribution in [0.5, 0.6) is 11.5 Å². The van der Waals surface area contributed by atoms with Crippen molar-refractivity contribution in [2.24, 2.45) is 5.73 Å². The average Bonchev–Trinajstić information content (AvgIpc) is 3.18. The predicted molar refractivity (Wildman–Crippen MR) is 112 cm³/mol. The van der Waals surface area contributed by atoms with Crippen LogP contribution >= 0.6 is 12.4 Å². The Bertz CT molecular complexity index is 1050. The summed E-state index contributed by atoms with van der Waals surface area (Å²) in [5, 5.41) is 2.46. The molecular weight excluding hydrogens is 432 g/mol. The topological polar surface area (TPSA) is 99.6 Å². The van der Waals surface area contributed by atoms with Crippen LogP contribution in [0, 0.1) is 11.6 Å². The quantitative estimate of drug-likeness (QED) is 0.560. The van der Waals surface area contributed by atoms with Gasteiger partial charge in [-0.25, -0.2) is 13.8 Å². The third kappa shape index (κ3) is 5.12. The lowest BCUT2D eigenvalue weighted by molar-refractivity contribution is 0.0943. The molecule has 1 atom stereocenters. The number of hydrogen-bond acceptors (Lipinski definition) is 6. The fourth-order valence-electron chi connectivity index (χ4n) is 2.85. The highest BCUT2D eigenvalue weighted by Gasteiger charge is 2.24. The number of rotatable bonds is 7. The van der Waals surface area contributed by atoms with Gasteiger partial charge in [0.1, 0.15) is 11.6 Å². The second-order valence-electron chi connectivity index (χ2n) is 6.47. The first-order valence-electron chi connectivity index (χ1n) is 9.05. The number of aromatic nitrogens is 1. The molecule has 1 heterocycles. The van der Waals surface area contributed by atoms with Crippen LogP contribution in [0.1, 0.15) is 34.8 Å². The van der Waals surface area contributed by atoms with Gasteiger partial charge in [0, 0.05) is 17.7 Å². The Morgan fingerprint density at radius 1 is 1.16 bits per heavy atom. The monoisotopic (exact) mass is 453 g/mol. The van der Waals surface area contributed by atoms with Gasteiger partial charge in [-0.2, -0.15) is 0 Å². The summed E-state index contributed by atoms with van der Waals surface area (Å²) in [6.45, 7) is 1.28. The normalized spacial score (nSPS) is 11.4. The van der Waals surface area contributed by atoms with Crippen molar-refractivity contribution >= 4 is 18.3 Å². The SMILES string of the molecule is COc1ccc(-c2nc(C(=O)NCc3c(F)cccc3F)c(C(C)N)o2)cc1OC.Cl. The van der Waals surface area contributed by atoms with E-state index in [-0.39, 0.29) is 41.9 Å². The number of carbonyl (C=O) groups excluding carboxylic acids is 1. The highest BCUT2D eigenvalue weighted by atomic mass is 35.5. The van der Waals surface area contributed by atoms with E-state index in [0.717, 1.165) is 12.1 Å². The number of nitrogens with one attached hydrogen (secondary N) is 1. The van der Waals surface area contributed by atoms with Gasteiger partial charge < -0.3 is 24.9 Å². The van der Waals surface area contributed by atoms with Crippen LogP contribution in [0.3, 0.4) is 0 Å². The number of methoxy groups -OCH3 is 2. The molecule has 166 valence electrons. The van der Waals surface area contributed by atoms with Crippen molar-refractivity contribution in [3.63, 3.8) is 0 Å². The smallest absolute Gasteiger partial charge is 0.273 e. The van der Waals surface area contributed by atoms with Gasteiger partial charge in [-0.15, -0.1) is 12.4 Å². The number of amides is 1. The Hall–Kier alpha value is -3.17. The highest BCUT2D eigenvalue weighted by Crippen LogP contribution is 2.33. The molecule has 0 bridgehead atoms. The number of hydrogen-bond donors (Lipinski definition) is 2. The van der Waals surface area contributed by atoms with Gasteiger partial charge >= 0.3 is 0 Å². The van der Waals surface area contributed by atoms with E-state index in [1.165, 1.54) is 20.3 Å². The molecule has 3 aromatic rings. The molecule has 0 aliphatic carbocycles. The first-order chi connectivity index (χ1) is 14.3. The average molecular weight is 454 g/mol. The molecule has 2 aromatic carbocycles. The van der Waals surface area contributed by atoms with E-state index in [9.17, 15) is 13.6 Å². The Kier molecular flexibility index (Phi) is 7.95. The molecule has 1 aromatic heterocycles. The number of halogens is 3. The predicted octanol–water partition coefficient (Wildman–Crippen LogP) is 4.01. The van der Waals surface area contributed by atoms with E-state index in [4.69, 9.17) is 19.6 Å². The molecule has 0 aliphatic rings. The molecule has 10 heteroatoms. The second kappa shape index (κ2) is 10.2. The highest BCUT2D eigenvalue weighted by molar-refractivity contribution is 5.94. The summed E-state index contributed by atoms with van der Waals surface area (Å²) in [7, 11) is 3.00. The van der Waals surface area contributed by atoms with Crippen molar-refractivity contribution in [1.82, 2.24) is 10.3 Å². The fraction of sp³-hybridized carbons (Fsp3) is 0.238. The molecule has 31 heavy (non-hydrogen) atoms. The number of ether oxygens (including phenoxy) is 2. The second-order valence-corrected chi connectivity index (χ2v) is 6.47. The summed E-state index contributed by atoms with van der Waals surface area (Å²) in [6.07, 6.45) is 0. The number of benzene rings is 2. The summed E-state index contributed by atoms with van der Waals surface area (Å²) in [4.78, 5) is 16.9. The Morgan fingerprint density at radius 2 is 1.81 bits per heavy atom. The molecule has 0 spiro atoms. The maximum Gasteiger partial charge on any atom is 0.273 e. The minimum absolute atomic E-state index is 0. The molecule has 3 N–H and O–H groups in total. The summed E-state index contributed by atoms with van der Waals surface area (Å²) in [6, 6.07) is 7.84. The molecule has 7 nitrogen and oxygen atoms in total. The van der Waals surface area contributed by atoms with E-state index >= 15 is 0 Å². The van der Waals surface area contributed by atoms with E-state index < -0.39 is 23.6 Å². The van der Waals surface area contributed by atoms with E-state index in [1.807, 2.05) is 0 Å². The van der Waals surface area contributed by atoms with Crippen LogP contribution in [0.15, 0.2) is 40.8 Å². The molecule has 0 fully saturated rings. The number of oxazole rings is 1. The minimum Gasteiger partial charge on any atom is -0.493 e. The van der Waals surface area contributed by atoms with Crippen LogP contribution < -0.4 is 20.5 Å². The minimum atomic E-state index is -0.756. The number of nitrogens with zero attached hydrogens (tertiary/aromatic N) is 1. The van der Waals surface area contributed by atoms with Crippen molar-refractivity contribution in [2.45, 2.75) is 19.5 Å². The lowest BCUT2D eigenvalue weighted by atomic mass is 10.2. The number of carbonyl (C=O) groups is 1. The summed E-state index contributed by atoms with van der Waals surface area (Å²) in [5.41, 5.74) is 6.14. The number of nitrogens with two attached hydrogens (primary N) is 1. The zero-order valence-electron chi connectivity index (χ0n) is 17.1. The van der Waals surface area contributed by atoms with Crippen LogP contribution in [0.2, 0.25) is 0 Å². The summed E-state index contributed by atoms with van der Waals surface area (Å²) >= 11 is 0. The van der Waals surface area contributed by atoms with Crippen LogP contribution in [-0.2, 0) is 6.54 Å². The van der Waals surface area contributed by atoms with Crippen molar-refractivity contribution < 1.29 is 27.5 Å². The van der Waals surface area contributed by atoms with Crippen molar-refractivity contribution in [3.8, 4) is 23.0 Å². The summed E-state index contributed by atoms with van der Waals surface area (Å²) < 4.78 is 43.8. The maximum atomic E-state index is 13.8. The molecule has 0 aliphatic heterocycles. The van der Waals surface area contributed by atoms with E-state index in [2.05, 4.69) is 10.3 Å². The molecule has 1 unspecified atom stereocenters. The molecule has 0 radical (unpaired) electrons. The molecule has 3 rings (SSSR count). The van der Waals surface area contributed by atoms with Gasteiger partial charge in [-0.3, -0.25) is 4.79 Å². The fourth-order valence-corrected chi connectivity index (χ4v) is 2.85. The van der Waals surface area contributed by atoms with Gasteiger partial charge in [0.25, 0.3) is 5.91 Å². The van der Waals surface area contributed by atoms with Crippen LogP contribution in [-0.4, -0.2) is 25.1 Å². The van der Waals surface area contributed by atoms with Crippen molar-refractivity contribution in [1.29, 1.82) is 0 Å². The Labute approximate surface area is 184 Å². The van der Waals surface area contributed by atoms with Gasteiger partial charge in [0.15, 0.2) is 23.0 Å². The van der Waals surface area contributed by atoms with Gasteiger partial charge in [-0.1, -0.05) is 6.07 Å². The van der Waals surface area contributed by atoms with Crippen molar-refractivity contribution in [2.75, 3.05) is 14.2 Å². The molecular formula is C21H22ClF2N3O4. The molecule has 1 amide bonds. The van der Waals surface area contributed by atoms with Gasteiger partial charge in [0.05, 0.1) is 20.3 Å². The maximum absolute atomic E-state index is 13.8. The van der Waals surface area contributed by atoms with Gasteiger partial charge in [0.2, 0.25) is 5.89 Å². The first-order valence-corrected chi connectivity index (χ1v) is 9.05. The molecule has 0 saturated carbocycles. The standard InChI is InChI=1S/C21H21F2N3O4.ClH/c1-11(24)19-18(20(27)25-10-13-14(22)5-4-6-15(13)23)26-21(30-19)12-7-8-16(28-2)17(9-12)29-3;/h4-9,11H,10,24H2,1-3H3,(H,25,27);1H. The largest absolute Gasteiger partial charge is 0.493 e. The van der Waals surface area contributed by atoms with Gasteiger partial charge in [-0.05, 0) is 37.3 Å². The third-order valence-corrected chi connectivity index (χ3v) is 4.40. The lowest BCUT2D eigenvalue weighted by Crippen LogP contribution is -2.26. The van der Waals surface area contributed by atoms with Crippen molar-refractivity contribution in [3.05, 3.63) is 65.1 Å². The zero-order chi connectivity index (χ0) is 21.8. The zero-order valence-corrected chi connectivity index (χ0v) is 17.9. The lowest BCUT2D eigenvalue weighted by Gasteiger charge is -2.07. The Balaban J connectivity index is 0.00000341. The van der Waals surface area contributed by atoms with Crippen LogP contribution in [0.4, 0.5) is 8.78 Å². The third-order valence-electron chi connectivity index (χ3n) is 4.40. The van der Waals surface area contributed by atoms with E-state index in [1.54, 1.807) is 25.1 Å². The molecule has 0 saturated heterocycles.